The lowest BCUT2D eigenvalue weighted by molar-refractivity contribution is -0.137. The zero-order valence-corrected chi connectivity index (χ0v) is 18.1. The third-order valence-corrected chi connectivity index (χ3v) is 5.69. The number of rotatable bonds is 3. The molecule has 172 valence electrons. The van der Waals surface area contributed by atoms with Crippen molar-refractivity contribution >= 4 is 46.5 Å². The lowest BCUT2D eigenvalue weighted by Crippen LogP contribution is -2.27. The maximum Gasteiger partial charge on any atom is 0.416 e. The Bertz CT molecular complexity index is 1370. The molecule has 6 nitrogen and oxygen atoms in total. The third kappa shape index (κ3) is 3.94. The van der Waals surface area contributed by atoms with Crippen LogP contribution in [0.25, 0.3) is 0 Å². The number of halogens is 4. The Kier molecular flexibility index (Phi) is 5.74. The van der Waals surface area contributed by atoms with Crippen molar-refractivity contribution in [1.29, 1.82) is 0 Å². The molecule has 0 spiro atoms. The summed E-state index contributed by atoms with van der Waals surface area (Å²) < 4.78 is 39.2. The smallest absolute Gasteiger partial charge is 0.319 e. The highest BCUT2D eigenvalue weighted by Crippen LogP contribution is 2.39. The number of amides is 2. The summed E-state index contributed by atoms with van der Waals surface area (Å²) >= 11 is 6.08. The molecule has 3 aromatic rings. The lowest BCUT2D eigenvalue weighted by Gasteiger charge is -2.24. The summed E-state index contributed by atoms with van der Waals surface area (Å²) in [6.45, 7) is 1.15. The first kappa shape index (κ1) is 23.2. The van der Waals surface area contributed by atoms with Crippen LogP contribution in [-0.4, -0.2) is 23.4 Å². The number of anilines is 2. The van der Waals surface area contributed by atoms with Gasteiger partial charge >= 0.3 is 6.18 Å². The van der Waals surface area contributed by atoms with Gasteiger partial charge in [0, 0.05) is 41.0 Å². The van der Waals surface area contributed by atoms with Crippen LogP contribution in [0.15, 0.2) is 60.7 Å². The molecule has 0 heterocycles. The fraction of sp³-hybridized carbons (Fsp3) is 0.0833. The Morgan fingerprint density at radius 2 is 1.44 bits per heavy atom. The number of nitrogens with one attached hydrogen (secondary N) is 1. The zero-order chi connectivity index (χ0) is 24.8. The Hall–Kier alpha value is -3.98. The molecule has 0 fully saturated rings. The second-order valence-corrected chi connectivity index (χ2v) is 7.75. The van der Waals surface area contributed by atoms with Crippen molar-refractivity contribution < 1.29 is 32.3 Å². The average Bonchev–Trinajstić information content (AvgIpc) is 2.81. The molecule has 0 radical (unpaired) electrons. The molecule has 0 saturated heterocycles. The van der Waals surface area contributed by atoms with E-state index in [0.29, 0.717) is 4.42 Å². The van der Waals surface area contributed by atoms with Gasteiger partial charge in [-0.1, -0.05) is 24.3 Å². The topological polar surface area (TPSA) is 83.6 Å². The molecule has 10 heteroatoms. The Morgan fingerprint density at radius 3 is 2.00 bits per heavy atom. The summed E-state index contributed by atoms with van der Waals surface area (Å²) in [6.07, 6.45) is -4.58. The van der Waals surface area contributed by atoms with Crippen molar-refractivity contribution in [3.05, 3.63) is 94.0 Å². The van der Waals surface area contributed by atoms with E-state index in [-0.39, 0.29) is 39.2 Å². The predicted molar refractivity (Wildman–Crippen MR) is 118 cm³/mol. The van der Waals surface area contributed by atoms with Crippen LogP contribution in [0, 0.1) is 0 Å². The highest BCUT2D eigenvalue weighted by Gasteiger charge is 2.35. The first-order chi connectivity index (χ1) is 16.0. The number of ketones is 2. The van der Waals surface area contributed by atoms with Gasteiger partial charge in [-0.15, -0.1) is 0 Å². The van der Waals surface area contributed by atoms with Crippen LogP contribution >= 0.6 is 11.8 Å². The van der Waals surface area contributed by atoms with Crippen LogP contribution in [0.5, 0.6) is 0 Å². The molecule has 0 aromatic heterocycles. The molecule has 1 aliphatic carbocycles. The quantitative estimate of drug-likeness (QED) is 0.401. The summed E-state index contributed by atoms with van der Waals surface area (Å²) in [7, 11) is 0. The summed E-state index contributed by atoms with van der Waals surface area (Å²) in [6, 6.07) is 12.2. The monoisotopic (exact) mass is 486 g/mol. The van der Waals surface area contributed by atoms with E-state index in [9.17, 15) is 32.3 Å². The summed E-state index contributed by atoms with van der Waals surface area (Å²) in [4.78, 5) is 51.2. The van der Waals surface area contributed by atoms with Gasteiger partial charge in [0.1, 0.15) is 0 Å². The molecule has 0 atom stereocenters. The van der Waals surface area contributed by atoms with Crippen LogP contribution < -0.4 is 9.74 Å². The first-order valence-electron chi connectivity index (χ1n) is 9.81. The normalized spacial score (nSPS) is 12.6. The predicted octanol–water partition coefficient (Wildman–Crippen LogP) is 5.24. The van der Waals surface area contributed by atoms with Gasteiger partial charge in [-0.25, -0.2) is 4.42 Å². The van der Waals surface area contributed by atoms with Crippen LogP contribution in [0.3, 0.4) is 0 Å². The summed E-state index contributed by atoms with van der Waals surface area (Å²) in [5.74, 6) is -2.55. The second kappa shape index (κ2) is 8.42. The molecular weight excluding hydrogens is 473 g/mol. The molecule has 34 heavy (non-hydrogen) atoms. The van der Waals surface area contributed by atoms with Gasteiger partial charge in [-0.05, 0) is 36.4 Å². The van der Waals surface area contributed by atoms with Crippen molar-refractivity contribution in [1.82, 2.24) is 0 Å². The Labute approximate surface area is 196 Å². The highest BCUT2D eigenvalue weighted by atomic mass is 35.5. The largest absolute Gasteiger partial charge is 0.416 e. The number of fused-ring (bicyclic) bond motifs is 2. The van der Waals surface area contributed by atoms with Crippen molar-refractivity contribution in [2.75, 3.05) is 9.74 Å². The molecule has 4 rings (SSSR count). The molecule has 0 bridgehead atoms. The number of nitrogens with zero attached hydrogens (tertiary/aromatic N) is 1. The van der Waals surface area contributed by atoms with E-state index in [2.05, 4.69) is 5.32 Å². The molecule has 2 amide bonds. The highest BCUT2D eigenvalue weighted by molar-refractivity contribution is 6.39. The zero-order valence-electron chi connectivity index (χ0n) is 17.4. The molecule has 1 aliphatic rings. The van der Waals surface area contributed by atoms with Crippen molar-refractivity contribution in [2.45, 2.75) is 13.1 Å². The van der Waals surface area contributed by atoms with Crippen LogP contribution in [-0.2, 0) is 11.0 Å². The van der Waals surface area contributed by atoms with Crippen molar-refractivity contribution in [2.24, 2.45) is 0 Å². The standard InChI is InChI=1S/C24H14ClF3N2O4/c1-12(31)30(25)18-11-10-17-19(22(33)16-5-3-2-4-15(16)21(17)32)20(18)29-23(34)13-6-8-14(9-7-13)24(26,27)28/h2-11H,1H3,(H,29,34). The SMILES string of the molecule is CC(=O)N(Cl)c1ccc2c(c1NC(=O)c1ccc(C(F)(F)F)cc1)C(=O)c1ccccc1C2=O. The van der Waals surface area contributed by atoms with E-state index in [1.807, 2.05) is 0 Å². The van der Waals surface area contributed by atoms with Gasteiger partial charge < -0.3 is 5.32 Å². The van der Waals surface area contributed by atoms with E-state index >= 15 is 0 Å². The van der Waals surface area contributed by atoms with Gasteiger partial charge in [0.05, 0.1) is 22.5 Å². The minimum absolute atomic E-state index is 0.0104. The number of carbonyl (C=O) groups excluding carboxylic acids is 4. The number of alkyl halides is 3. The van der Waals surface area contributed by atoms with Gasteiger partial charge in [0.2, 0.25) is 5.91 Å². The molecule has 0 saturated carbocycles. The van der Waals surface area contributed by atoms with Crippen molar-refractivity contribution in [3.8, 4) is 0 Å². The van der Waals surface area contributed by atoms with Gasteiger partial charge in [0.25, 0.3) is 5.91 Å². The summed E-state index contributed by atoms with van der Waals surface area (Å²) in [5.41, 5.74) is -1.27. The van der Waals surface area contributed by atoms with Crippen molar-refractivity contribution in [3.63, 3.8) is 0 Å². The molecule has 3 aromatic carbocycles. The second-order valence-electron chi connectivity index (χ2n) is 7.42. The van der Waals surface area contributed by atoms with E-state index in [1.165, 1.54) is 24.3 Å². The van der Waals surface area contributed by atoms with Crippen LogP contribution in [0.2, 0.25) is 0 Å². The third-order valence-electron chi connectivity index (χ3n) is 5.27. The maximum absolute atomic E-state index is 13.3. The van der Waals surface area contributed by atoms with E-state index in [4.69, 9.17) is 11.8 Å². The van der Waals surface area contributed by atoms with Crippen LogP contribution in [0.1, 0.15) is 54.7 Å². The first-order valence-corrected chi connectivity index (χ1v) is 10.1. The number of benzene rings is 3. The Morgan fingerprint density at radius 1 is 0.853 bits per heavy atom. The minimum Gasteiger partial charge on any atom is -0.319 e. The molecule has 1 N–H and O–H groups in total. The van der Waals surface area contributed by atoms with Gasteiger partial charge in [0.15, 0.2) is 11.6 Å². The lowest BCUT2D eigenvalue weighted by atomic mass is 9.82. The maximum atomic E-state index is 13.3. The molecule has 0 unspecified atom stereocenters. The van der Waals surface area contributed by atoms with E-state index in [1.54, 1.807) is 12.1 Å². The number of hydrogen-bond donors (Lipinski definition) is 1. The van der Waals surface area contributed by atoms with Gasteiger partial charge in [-0.2, -0.15) is 13.2 Å². The van der Waals surface area contributed by atoms with E-state index in [0.717, 1.165) is 31.2 Å². The van der Waals surface area contributed by atoms with Crippen LogP contribution in [0.4, 0.5) is 24.5 Å². The van der Waals surface area contributed by atoms with Gasteiger partial charge in [-0.3, -0.25) is 19.2 Å². The fourth-order valence-electron chi connectivity index (χ4n) is 3.63. The van der Waals surface area contributed by atoms with E-state index < -0.39 is 35.1 Å². The Balaban J connectivity index is 1.84. The summed E-state index contributed by atoms with van der Waals surface area (Å²) in [5, 5.41) is 2.46. The number of carbonyl (C=O) groups is 4. The molecular formula is C24H14ClF3N2O4. The molecule has 0 aliphatic heterocycles. The minimum atomic E-state index is -4.58. The number of hydrogen-bond acceptors (Lipinski definition) is 4. The average molecular weight is 487 g/mol. The fourth-order valence-corrected chi connectivity index (χ4v) is 3.77.